The summed E-state index contributed by atoms with van der Waals surface area (Å²) in [5.41, 5.74) is 0.778. The summed E-state index contributed by atoms with van der Waals surface area (Å²) >= 11 is 5.92. The number of halogens is 4. The van der Waals surface area contributed by atoms with Crippen molar-refractivity contribution in [3.63, 3.8) is 0 Å². The third kappa shape index (κ3) is 7.08. The molecule has 0 aliphatic carbocycles. The number of aromatic nitrogens is 1. The lowest BCUT2D eigenvalue weighted by atomic mass is 10.0. The molecule has 0 N–H and O–H groups in total. The summed E-state index contributed by atoms with van der Waals surface area (Å²) in [7, 11) is -0.958. The first-order valence-electron chi connectivity index (χ1n) is 7.13. The first-order chi connectivity index (χ1) is 10.4. The lowest BCUT2D eigenvalue weighted by molar-refractivity contribution is -0.154. The van der Waals surface area contributed by atoms with Crippen molar-refractivity contribution in [2.75, 3.05) is 12.4 Å². The molecule has 1 aromatic rings. The highest BCUT2D eigenvalue weighted by molar-refractivity contribution is 7.86. The number of ether oxygens (including phenoxy) is 1. The number of hydrogen-bond acceptors (Lipinski definition) is 3. The molecule has 0 fully saturated rings. The van der Waals surface area contributed by atoms with Crippen molar-refractivity contribution in [3.05, 3.63) is 22.8 Å². The van der Waals surface area contributed by atoms with Gasteiger partial charge in [0.25, 0.3) is 0 Å². The molecular formula is C15H21ClF3NO2S. The zero-order valence-corrected chi connectivity index (χ0v) is 15.1. The molecule has 23 heavy (non-hydrogen) atoms. The molecule has 0 saturated heterocycles. The van der Waals surface area contributed by atoms with Gasteiger partial charge >= 0.3 is 6.18 Å². The third-order valence-electron chi connectivity index (χ3n) is 3.19. The average Bonchev–Trinajstić information content (AvgIpc) is 2.40. The van der Waals surface area contributed by atoms with Crippen LogP contribution in [0.2, 0.25) is 5.02 Å². The SMILES string of the molecule is C[C@H](CCS(=O)C(C)(C)C)c1cnc(OCC(F)(F)F)c(Cl)c1. The normalized spacial score (nSPS) is 15.3. The number of rotatable bonds is 6. The molecule has 1 unspecified atom stereocenters. The minimum atomic E-state index is -4.44. The van der Waals surface area contributed by atoms with E-state index in [0.717, 1.165) is 5.56 Å². The second kappa shape index (κ2) is 7.83. The molecule has 0 aliphatic rings. The minimum absolute atomic E-state index is 0.0375. The molecule has 8 heteroatoms. The van der Waals surface area contributed by atoms with Gasteiger partial charge in [0.1, 0.15) is 5.02 Å². The maximum atomic E-state index is 12.1. The Labute approximate surface area is 142 Å². The monoisotopic (exact) mass is 371 g/mol. The smallest absolute Gasteiger partial charge is 0.422 e. The molecule has 0 saturated carbocycles. The van der Waals surface area contributed by atoms with Crippen molar-refractivity contribution >= 4 is 22.4 Å². The summed E-state index contributed by atoms with van der Waals surface area (Å²) in [6.07, 6.45) is -2.32. The van der Waals surface area contributed by atoms with Gasteiger partial charge in [-0.15, -0.1) is 0 Å². The lowest BCUT2D eigenvalue weighted by Crippen LogP contribution is -2.24. The molecular weight excluding hydrogens is 351 g/mol. The van der Waals surface area contributed by atoms with E-state index in [1.807, 2.05) is 27.7 Å². The van der Waals surface area contributed by atoms with E-state index in [0.29, 0.717) is 12.2 Å². The van der Waals surface area contributed by atoms with Crippen LogP contribution < -0.4 is 4.74 Å². The Bertz CT molecular complexity index is 559. The summed E-state index contributed by atoms with van der Waals surface area (Å²) in [5, 5.41) is 0.0375. The van der Waals surface area contributed by atoms with Gasteiger partial charge in [0.2, 0.25) is 5.88 Å². The van der Waals surface area contributed by atoms with Gasteiger partial charge < -0.3 is 4.74 Å². The van der Waals surface area contributed by atoms with Gasteiger partial charge in [-0.3, -0.25) is 4.21 Å². The Kier molecular flexibility index (Phi) is 6.89. The maximum Gasteiger partial charge on any atom is 0.422 e. The number of nitrogens with zero attached hydrogens (tertiary/aromatic N) is 1. The van der Waals surface area contributed by atoms with Crippen molar-refractivity contribution in [3.8, 4) is 5.88 Å². The molecule has 0 spiro atoms. The molecule has 0 aromatic carbocycles. The van der Waals surface area contributed by atoms with Crippen molar-refractivity contribution in [1.29, 1.82) is 0 Å². The van der Waals surface area contributed by atoms with Gasteiger partial charge in [-0.1, -0.05) is 18.5 Å². The first kappa shape index (κ1) is 20.2. The van der Waals surface area contributed by atoms with E-state index in [1.165, 1.54) is 6.20 Å². The fourth-order valence-corrected chi connectivity index (χ4v) is 3.13. The van der Waals surface area contributed by atoms with Crippen LogP contribution in [0.5, 0.6) is 5.88 Å². The topological polar surface area (TPSA) is 39.2 Å². The highest BCUT2D eigenvalue weighted by Gasteiger charge is 2.29. The molecule has 1 rings (SSSR count). The predicted molar refractivity (Wildman–Crippen MR) is 86.6 cm³/mol. The van der Waals surface area contributed by atoms with Crippen LogP contribution >= 0.6 is 11.6 Å². The fraction of sp³-hybridized carbons (Fsp3) is 0.667. The van der Waals surface area contributed by atoms with Gasteiger partial charge in [-0.2, -0.15) is 13.2 Å². The van der Waals surface area contributed by atoms with E-state index in [2.05, 4.69) is 9.72 Å². The summed E-state index contributed by atoms with van der Waals surface area (Å²) in [5.74, 6) is 0.343. The van der Waals surface area contributed by atoms with Crippen LogP contribution in [-0.2, 0) is 10.8 Å². The van der Waals surface area contributed by atoms with Crippen LogP contribution in [0, 0.1) is 0 Å². The van der Waals surface area contributed by atoms with Gasteiger partial charge in [0.05, 0.1) is 0 Å². The van der Waals surface area contributed by atoms with Crippen LogP contribution in [0.3, 0.4) is 0 Å². The van der Waals surface area contributed by atoms with Gasteiger partial charge in [-0.25, -0.2) is 4.98 Å². The lowest BCUT2D eigenvalue weighted by Gasteiger charge is -2.19. The average molecular weight is 372 g/mol. The first-order valence-corrected chi connectivity index (χ1v) is 8.83. The quantitative estimate of drug-likeness (QED) is 0.726. The summed E-state index contributed by atoms with van der Waals surface area (Å²) in [6, 6.07) is 1.55. The minimum Gasteiger partial charge on any atom is -0.467 e. The zero-order valence-electron chi connectivity index (χ0n) is 13.5. The highest BCUT2D eigenvalue weighted by Crippen LogP contribution is 2.29. The Balaban J connectivity index is 2.67. The molecule has 0 aliphatic heterocycles. The van der Waals surface area contributed by atoms with E-state index >= 15 is 0 Å². The molecule has 0 amide bonds. The largest absolute Gasteiger partial charge is 0.467 e. The van der Waals surface area contributed by atoms with E-state index in [1.54, 1.807) is 6.07 Å². The second-order valence-electron chi connectivity index (χ2n) is 6.31. The third-order valence-corrected chi connectivity index (χ3v) is 5.43. The molecule has 0 bridgehead atoms. The Morgan fingerprint density at radius 1 is 1.35 bits per heavy atom. The van der Waals surface area contributed by atoms with Crippen molar-refractivity contribution in [2.24, 2.45) is 0 Å². The van der Waals surface area contributed by atoms with E-state index < -0.39 is 23.6 Å². The van der Waals surface area contributed by atoms with Gasteiger partial charge in [-0.05, 0) is 44.7 Å². The number of hydrogen-bond donors (Lipinski definition) is 0. The number of pyridine rings is 1. The van der Waals surface area contributed by atoms with Crippen LogP contribution in [0.1, 0.15) is 45.6 Å². The van der Waals surface area contributed by atoms with Gasteiger partial charge in [0, 0.05) is 27.5 Å². The maximum absolute atomic E-state index is 12.1. The zero-order chi connectivity index (χ0) is 17.8. The van der Waals surface area contributed by atoms with Crippen LogP contribution in [0.25, 0.3) is 0 Å². The van der Waals surface area contributed by atoms with Crippen LogP contribution in [0.4, 0.5) is 13.2 Å². The van der Waals surface area contributed by atoms with Gasteiger partial charge in [0.15, 0.2) is 6.61 Å². The van der Waals surface area contributed by atoms with Crippen molar-refractivity contribution < 1.29 is 22.1 Å². The van der Waals surface area contributed by atoms with E-state index in [-0.39, 0.29) is 21.6 Å². The summed E-state index contributed by atoms with van der Waals surface area (Å²) in [4.78, 5) is 3.85. The predicted octanol–water partition coefficient (Wildman–Crippen LogP) is 4.72. The van der Waals surface area contributed by atoms with Crippen LogP contribution in [0.15, 0.2) is 12.3 Å². The highest BCUT2D eigenvalue weighted by atomic mass is 35.5. The van der Waals surface area contributed by atoms with E-state index in [4.69, 9.17) is 11.6 Å². The summed E-state index contributed by atoms with van der Waals surface area (Å²) in [6.45, 7) is 6.25. The van der Waals surface area contributed by atoms with Crippen molar-refractivity contribution in [2.45, 2.75) is 51.0 Å². The molecule has 0 radical (unpaired) electrons. The Morgan fingerprint density at radius 3 is 2.43 bits per heavy atom. The molecule has 3 nitrogen and oxygen atoms in total. The van der Waals surface area contributed by atoms with Crippen LogP contribution in [-0.4, -0.2) is 32.5 Å². The molecule has 1 aromatic heterocycles. The fourth-order valence-electron chi connectivity index (χ4n) is 1.72. The number of alkyl halides is 3. The summed E-state index contributed by atoms with van der Waals surface area (Å²) < 4.78 is 52.7. The molecule has 132 valence electrons. The second-order valence-corrected chi connectivity index (χ2v) is 9.04. The Morgan fingerprint density at radius 2 is 1.96 bits per heavy atom. The Hall–Kier alpha value is -0.820. The standard InChI is InChI=1S/C15H21ClF3NO2S/c1-10(5-6-23(21)14(2,3)4)11-7-12(16)13(20-8-11)22-9-15(17,18)19/h7-8,10H,5-6,9H2,1-4H3/t10-,23?/m1/s1. The van der Waals surface area contributed by atoms with E-state index in [9.17, 15) is 17.4 Å². The molecule has 1 heterocycles. The molecule has 2 atom stereocenters. The van der Waals surface area contributed by atoms with Crippen molar-refractivity contribution in [1.82, 2.24) is 4.98 Å².